The highest BCUT2D eigenvalue weighted by Gasteiger charge is 2.20. The fourth-order valence-electron chi connectivity index (χ4n) is 10.7. The molecule has 71 heavy (non-hydrogen) atoms. The number of thiophene rings is 1. The highest BCUT2D eigenvalue weighted by molar-refractivity contribution is 7.25. The molecule has 0 saturated heterocycles. The molecule has 4 heteroatoms. The van der Waals surface area contributed by atoms with E-state index in [0.717, 1.165) is 49.4 Å². The van der Waals surface area contributed by atoms with Gasteiger partial charge in [-0.2, -0.15) is 0 Å². The van der Waals surface area contributed by atoms with Crippen LogP contribution >= 0.6 is 11.3 Å². The Hall–Kier alpha value is -9.09. The molecular weight excluding hydrogens is 879 g/mol. The summed E-state index contributed by atoms with van der Waals surface area (Å²) < 4.78 is 2.59. The van der Waals surface area contributed by atoms with Crippen molar-refractivity contribution in [1.29, 1.82) is 0 Å². The molecule has 0 aliphatic carbocycles. The van der Waals surface area contributed by atoms with Crippen LogP contribution in [-0.4, -0.2) is 15.0 Å². The first kappa shape index (κ1) is 40.9. The molecule has 0 saturated carbocycles. The zero-order valence-corrected chi connectivity index (χ0v) is 39.2. The van der Waals surface area contributed by atoms with Crippen LogP contribution in [0.25, 0.3) is 142 Å². The van der Waals surface area contributed by atoms with Crippen LogP contribution in [0.2, 0.25) is 0 Å². The first-order valence-corrected chi connectivity index (χ1v) is 24.9. The second kappa shape index (κ2) is 16.8. The Labute approximate surface area is 414 Å². The Bertz CT molecular complexity index is 4420. The van der Waals surface area contributed by atoms with Crippen LogP contribution in [-0.2, 0) is 0 Å². The summed E-state index contributed by atoms with van der Waals surface area (Å²) in [4.78, 5) is 16.2. The van der Waals surface area contributed by atoms with Crippen molar-refractivity contribution in [3.63, 3.8) is 0 Å². The smallest absolute Gasteiger partial charge is 0.164 e. The predicted octanol–water partition coefficient (Wildman–Crippen LogP) is 18.5. The van der Waals surface area contributed by atoms with Crippen LogP contribution in [0.5, 0.6) is 0 Å². The summed E-state index contributed by atoms with van der Waals surface area (Å²) in [5, 5.41) is 12.0. The standard InChI is InChI=1S/C67H41N3S/c1-2-15-42(16-3-1)44-32-34-52-45(39-44)19-13-29-61(52)66-68-65(48-20-12-18-46(40-48)50-22-6-7-23-53(50)56-28-14-27-55-49-21-5-4-17-43(49)31-35-58(55)56)69-67(70-66)62-38-37-51(54-24-8-9-25-57(54)62)47-33-36-60-59-26-10-11-30-63(59)71-64(60)41-47/h1-41H. The summed E-state index contributed by atoms with van der Waals surface area (Å²) in [5.74, 6) is 1.86. The molecule has 0 amide bonds. The van der Waals surface area contributed by atoms with Gasteiger partial charge in [-0.15, -0.1) is 11.3 Å². The minimum absolute atomic E-state index is 0.613. The molecule has 0 atom stereocenters. The molecule has 3 nitrogen and oxygen atoms in total. The molecule has 0 bridgehead atoms. The SMILES string of the molecule is c1ccc(-c2ccc3c(-c4nc(-c5cccc(-c6ccccc6-c6cccc7c6ccc6ccccc67)c5)nc(-c5ccc(-c6ccc7c(c6)sc6ccccc67)c6ccccc56)n4)cccc3c2)cc1. The average Bonchev–Trinajstić information content (AvgIpc) is 3.82. The molecule has 330 valence electrons. The fourth-order valence-corrected chi connectivity index (χ4v) is 11.9. The molecule has 0 N–H and O–H groups in total. The zero-order valence-electron chi connectivity index (χ0n) is 38.4. The number of hydrogen-bond donors (Lipinski definition) is 0. The summed E-state index contributed by atoms with van der Waals surface area (Å²) in [7, 11) is 0. The maximum atomic E-state index is 5.42. The van der Waals surface area contributed by atoms with E-state index in [0.29, 0.717) is 17.5 Å². The van der Waals surface area contributed by atoms with Crippen LogP contribution in [0.3, 0.4) is 0 Å². The van der Waals surface area contributed by atoms with Gasteiger partial charge in [0.25, 0.3) is 0 Å². The molecule has 2 heterocycles. The van der Waals surface area contributed by atoms with E-state index < -0.39 is 0 Å². The van der Waals surface area contributed by atoms with Crippen molar-refractivity contribution in [3.8, 4) is 78.7 Å². The van der Waals surface area contributed by atoms with Crippen molar-refractivity contribution in [2.24, 2.45) is 0 Å². The van der Waals surface area contributed by atoms with Crippen molar-refractivity contribution in [2.75, 3.05) is 0 Å². The fraction of sp³-hybridized carbons (Fsp3) is 0. The topological polar surface area (TPSA) is 38.7 Å². The highest BCUT2D eigenvalue weighted by Crippen LogP contribution is 2.42. The third-order valence-electron chi connectivity index (χ3n) is 14.2. The van der Waals surface area contributed by atoms with Crippen LogP contribution in [0, 0.1) is 0 Å². The third kappa shape index (κ3) is 7.07. The highest BCUT2D eigenvalue weighted by atomic mass is 32.1. The van der Waals surface area contributed by atoms with Crippen molar-refractivity contribution in [1.82, 2.24) is 15.0 Å². The van der Waals surface area contributed by atoms with Gasteiger partial charge in [-0.3, -0.25) is 0 Å². The normalized spacial score (nSPS) is 11.7. The summed E-state index contributed by atoms with van der Waals surface area (Å²) in [6.45, 7) is 0. The van der Waals surface area contributed by atoms with E-state index in [1.807, 2.05) is 11.3 Å². The van der Waals surface area contributed by atoms with E-state index in [-0.39, 0.29) is 0 Å². The Balaban J connectivity index is 0.938. The van der Waals surface area contributed by atoms with Crippen molar-refractivity contribution >= 4 is 74.6 Å². The van der Waals surface area contributed by atoms with Crippen molar-refractivity contribution < 1.29 is 0 Å². The van der Waals surface area contributed by atoms with Gasteiger partial charge in [0.1, 0.15) is 0 Å². The van der Waals surface area contributed by atoms with Crippen LogP contribution in [0.15, 0.2) is 249 Å². The molecule has 0 aliphatic rings. The van der Waals surface area contributed by atoms with Crippen molar-refractivity contribution in [3.05, 3.63) is 249 Å². The second-order valence-corrected chi connectivity index (χ2v) is 19.3. The van der Waals surface area contributed by atoms with E-state index in [1.165, 1.54) is 75.1 Å². The minimum atomic E-state index is 0.613. The minimum Gasteiger partial charge on any atom is -0.208 e. The van der Waals surface area contributed by atoms with Crippen LogP contribution in [0.1, 0.15) is 0 Å². The predicted molar refractivity (Wildman–Crippen MR) is 301 cm³/mol. The van der Waals surface area contributed by atoms with Gasteiger partial charge in [0.2, 0.25) is 0 Å². The lowest BCUT2D eigenvalue weighted by Gasteiger charge is -2.15. The average molecular weight is 920 g/mol. The molecule has 0 spiro atoms. The Morgan fingerprint density at radius 2 is 0.732 bits per heavy atom. The van der Waals surface area contributed by atoms with Gasteiger partial charge in [-0.1, -0.05) is 218 Å². The lowest BCUT2D eigenvalue weighted by molar-refractivity contribution is 1.08. The molecule has 0 fully saturated rings. The lowest BCUT2D eigenvalue weighted by atomic mass is 9.89. The summed E-state index contributed by atoms with van der Waals surface area (Å²) in [6.07, 6.45) is 0. The maximum Gasteiger partial charge on any atom is 0.164 e. The van der Waals surface area contributed by atoms with E-state index in [9.17, 15) is 0 Å². The molecule has 0 radical (unpaired) electrons. The number of nitrogens with zero attached hydrogens (tertiary/aromatic N) is 3. The number of hydrogen-bond acceptors (Lipinski definition) is 4. The number of fused-ring (bicyclic) bond motifs is 8. The molecule has 2 aromatic heterocycles. The summed E-state index contributed by atoms with van der Waals surface area (Å²) in [6, 6.07) is 89.5. The maximum absolute atomic E-state index is 5.42. The van der Waals surface area contributed by atoms with Gasteiger partial charge in [0.05, 0.1) is 0 Å². The first-order valence-electron chi connectivity index (χ1n) is 24.1. The summed E-state index contributed by atoms with van der Waals surface area (Å²) in [5.41, 5.74) is 12.1. The first-order chi connectivity index (χ1) is 35.2. The van der Waals surface area contributed by atoms with E-state index in [2.05, 4.69) is 249 Å². The van der Waals surface area contributed by atoms with Gasteiger partial charge in [0.15, 0.2) is 17.5 Å². The lowest BCUT2D eigenvalue weighted by Crippen LogP contribution is -2.01. The quantitative estimate of drug-likeness (QED) is 0.150. The number of aromatic nitrogens is 3. The molecule has 12 aromatic carbocycles. The molecule has 14 aromatic rings. The van der Waals surface area contributed by atoms with Crippen LogP contribution in [0.4, 0.5) is 0 Å². The Morgan fingerprint density at radius 3 is 1.61 bits per heavy atom. The van der Waals surface area contributed by atoms with Crippen LogP contribution < -0.4 is 0 Å². The number of rotatable bonds is 7. The molecule has 0 aliphatic heterocycles. The largest absolute Gasteiger partial charge is 0.208 e. The van der Waals surface area contributed by atoms with Gasteiger partial charge in [-0.05, 0) is 118 Å². The third-order valence-corrected chi connectivity index (χ3v) is 15.3. The molecule has 14 rings (SSSR count). The zero-order chi connectivity index (χ0) is 46.8. The molecular formula is C67H41N3S. The van der Waals surface area contributed by atoms with E-state index in [1.54, 1.807) is 0 Å². The van der Waals surface area contributed by atoms with Gasteiger partial charge in [0, 0.05) is 36.9 Å². The Kier molecular flexibility index (Phi) is 9.71. The van der Waals surface area contributed by atoms with Crippen molar-refractivity contribution in [2.45, 2.75) is 0 Å². The second-order valence-electron chi connectivity index (χ2n) is 18.2. The molecule has 0 unspecified atom stereocenters. The van der Waals surface area contributed by atoms with E-state index in [4.69, 9.17) is 15.0 Å². The monoisotopic (exact) mass is 919 g/mol. The van der Waals surface area contributed by atoms with Gasteiger partial charge < -0.3 is 0 Å². The van der Waals surface area contributed by atoms with E-state index >= 15 is 0 Å². The van der Waals surface area contributed by atoms with Gasteiger partial charge >= 0.3 is 0 Å². The Morgan fingerprint density at radius 1 is 0.211 bits per heavy atom. The number of benzene rings is 12. The summed E-state index contributed by atoms with van der Waals surface area (Å²) >= 11 is 1.85. The van der Waals surface area contributed by atoms with Gasteiger partial charge in [-0.25, -0.2) is 15.0 Å².